The molecule has 3 aromatic rings. The van der Waals surface area contributed by atoms with Crippen molar-refractivity contribution in [3.8, 4) is 10.4 Å². The first-order valence-electron chi connectivity index (χ1n) is 8.59. The van der Waals surface area contributed by atoms with Crippen LogP contribution in [0.5, 0.6) is 0 Å². The molecule has 0 atom stereocenters. The Balaban J connectivity index is 1.50. The maximum atomic E-state index is 12.4. The first kappa shape index (κ1) is 17.4. The predicted molar refractivity (Wildman–Crippen MR) is 107 cm³/mol. The highest BCUT2D eigenvalue weighted by Crippen LogP contribution is 2.32. The number of nitrogens with zero attached hydrogens (tertiary/aromatic N) is 3. The number of carbonyl (C=O) groups excluding carboxylic acids is 1. The molecule has 1 aromatic carbocycles. The smallest absolute Gasteiger partial charge is 0.229 e. The molecule has 1 aliphatic heterocycles. The van der Waals surface area contributed by atoms with Gasteiger partial charge < -0.3 is 10.2 Å². The molecule has 134 valence electrons. The zero-order valence-electron chi connectivity index (χ0n) is 14.4. The molecule has 0 radical (unpaired) electrons. The van der Waals surface area contributed by atoms with E-state index in [1.165, 1.54) is 11.3 Å². The number of carbonyl (C=O) groups is 1. The maximum Gasteiger partial charge on any atom is 0.229 e. The lowest BCUT2D eigenvalue weighted by Crippen LogP contribution is -2.35. The van der Waals surface area contributed by atoms with Crippen LogP contribution in [-0.2, 0) is 4.79 Å². The molecular weight excluding hydrogens is 368 g/mol. The predicted octanol–water partition coefficient (Wildman–Crippen LogP) is 4.29. The van der Waals surface area contributed by atoms with E-state index in [0.29, 0.717) is 10.3 Å². The standard InChI is InChI=1S/C19H19ClN4OS/c1-24-6-4-12(5-7-24)18(25)23-19-22-11-16(26-19)13-2-3-14-10-21-17(20)9-15(14)8-13/h2-3,8-12H,4-7H2,1H3,(H,22,23,25). The Morgan fingerprint density at radius 1 is 1.19 bits per heavy atom. The Bertz CT molecular complexity index is 950. The molecule has 0 spiro atoms. The largest absolute Gasteiger partial charge is 0.306 e. The Morgan fingerprint density at radius 2 is 2.00 bits per heavy atom. The Kier molecular flexibility index (Phi) is 4.89. The van der Waals surface area contributed by atoms with E-state index in [1.54, 1.807) is 12.4 Å². The molecule has 1 amide bonds. The lowest BCUT2D eigenvalue weighted by molar-refractivity contribution is -0.121. The molecule has 1 saturated heterocycles. The van der Waals surface area contributed by atoms with Crippen LogP contribution in [-0.4, -0.2) is 40.9 Å². The fourth-order valence-electron chi connectivity index (χ4n) is 3.21. The van der Waals surface area contributed by atoms with Crippen molar-refractivity contribution in [3.05, 3.63) is 41.8 Å². The molecule has 0 unspecified atom stereocenters. The van der Waals surface area contributed by atoms with Gasteiger partial charge in [-0.3, -0.25) is 4.79 Å². The van der Waals surface area contributed by atoms with E-state index in [4.69, 9.17) is 11.6 Å². The fraction of sp³-hybridized carbons (Fsp3) is 0.316. The molecule has 1 fully saturated rings. The summed E-state index contributed by atoms with van der Waals surface area (Å²) >= 11 is 7.48. The number of piperidine rings is 1. The fourth-order valence-corrected chi connectivity index (χ4v) is 4.19. The van der Waals surface area contributed by atoms with Crippen LogP contribution < -0.4 is 5.32 Å². The molecule has 2 aromatic heterocycles. The van der Waals surface area contributed by atoms with Gasteiger partial charge in [0, 0.05) is 23.7 Å². The van der Waals surface area contributed by atoms with Crippen molar-refractivity contribution < 1.29 is 4.79 Å². The monoisotopic (exact) mass is 386 g/mol. The van der Waals surface area contributed by atoms with Gasteiger partial charge in [0.1, 0.15) is 5.15 Å². The van der Waals surface area contributed by atoms with Crippen LogP contribution in [0.1, 0.15) is 12.8 Å². The number of nitrogens with one attached hydrogen (secondary N) is 1. The van der Waals surface area contributed by atoms with Crippen LogP contribution in [0.25, 0.3) is 21.2 Å². The molecule has 0 saturated carbocycles. The summed E-state index contributed by atoms with van der Waals surface area (Å²) < 4.78 is 0. The van der Waals surface area contributed by atoms with Gasteiger partial charge in [0.25, 0.3) is 0 Å². The zero-order valence-corrected chi connectivity index (χ0v) is 16.0. The molecular formula is C19H19ClN4OS. The van der Waals surface area contributed by atoms with Crippen LogP contribution in [0.3, 0.4) is 0 Å². The normalized spacial score (nSPS) is 16.1. The first-order chi connectivity index (χ1) is 12.6. The molecule has 1 aliphatic rings. The second-order valence-electron chi connectivity index (χ2n) is 6.67. The second kappa shape index (κ2) is 7.31. The number of amides is 1. The van der Waals surface area contributed by atoms with Crippen LogP contribution in [0, 0.1) is 5.92 Å². The highest BCUT2D eigenvalue weighted by atomic mass is 35.5. The van der Waals surface area contributed by atoms with E-state index < -0.39 is 0 Å². The number of thiazole rings is 1. The van der Waals surface area contributed by atoms with Gasteiger partial charge in [-0.05, 0) is 56.1 Å². The van der Waals surface area contributed by atoms with Gasteiger partial charge >= 0.3 is 0 Å². The van der Waals surface area contributed by atoms with Crippen LogP contribution in [0.2, 0.25) is 5.15 Å². The van der Waals surface area contributed by atoms with Gasteiger partial charge in [-0.15, -0.1) is 0 Å². The number of rotatable bonds is 3. The van der Waals surface area contributed by atoms with Gasteiger partial charge in [0.15, 0.2) is 5.13 Å². The minimum absolute atomic E-state index is 0.0776. The Labute approximate surface area is 161 Å². The van der Waals surface area contributed by atoms with E-state index >= 15 is 0 Å². The number of aromatic nitrogens is 2. The summed E-state index contributed by atoms with van der Waals surface area (Å²) in [5.41, 5.74) is 1.05. The molecule has 1 N–H and O–H groups in total. The second-order valence-corrected chi connectivity index (χ2v) is 8.08. The van der Waals surface area contributed by atoms with E-state index in [9.17, 15) is 4.79 Å². The Morgan fingerprint density at radius 3 is 2.81 bits per heavy atom. The average Bonchev–Trinajstić information content (AvgIpc) is 3.10. The van der Waals surface area contributed by atoms with Crippen LogP contribution >= 0.6 is 22.9 Å². The van der Waals surface area contributed by atoms with Crippen molar-refractivity contribution in [3.63, 3.8) is 0 Å². The highest BCUT2D eigenvalue weighted by Gasteiger charge is 2.24. The van der Waals surface area contributed by atoms with Crippen molar-refractivity contribution in [2.24, 2.45) is 5.92 Å². The third-order valence-electron chi connectivity index (χ3n) is 4.80. The lowest BCUT2D eigenvalue weighted by Gasteiger charge is -2.27. The number of likely N-dealkylation sites (tertiary alicyclic amines) is 1. The molecule has 26 heavy (non-hydrogen) atoms. The molecule has 0 bridgehead atoms. The van der Waals surface area contributed by atoms with Gasteiger partial charge in [0.05, 0.1) is 4.88 Å². The molecule has 5 nitrogen and oxygen atoms in total. The lowest BCUT2D eigenvalue weighted by atomic mass is 9.96. The van der Waals surface area contributed by atoms with Crippen molar-refractivity contribution >= 4 is 44.7 Å². The van der Waals surface area contributed by atoms with E-state index in [-0.39, 0.29) is 11.8 Å². The summed E-state index contributed by atoms with van der Waals surface area (Å²) in [6, 6.07) is 7.97. The topological polar surface area (TPSA) is 58.1 Å². The number of hydrogen-bond donors (Lipinski definition) is 1. The highest BCUT2D eigenvalue weighted by molar-refractivity contribution is 7.19. The van der Waals surface area contributed by atoms with Crippen molar-refractivity contribution in [2.75, 3.05) is 25.5 Å². The average molecular weight is 387 g/mol. The molecule has 4 rings (SSSR count). The molecule has 3 heterocycles. The SMILES string of the molecule is CN1CCC(C(=O)Nc2ncc(-c3ccc4cnc(Cl)cc4c3)s2)CC1. The van der Waals surface area contributed by atoms with Gasteiger partial charge in [-0.25, -0.2) is 9.97 Å². The minimum atomic E-state index is 0.0776. The summed E-state index contributed by atoms with van der Waals surface area (Å²) in [5.74, 6) is 0.157. The van der Waals surface area contributed by atoms with E-state index in [2.05, 4.69) is 33.3 Å². The van der Waals surface area contributed by atoms with Crippen molar-refractivity contribution in [1.82, 2.24) is 14.9 Å². The summed E-state index contributed by atoms with van der Waals surface area (Å²) in [6.45, 7) is 1.94. The van der Waals surface area contributed by atoms with Crippen molar-refractivity contribution in [1.29, 1.82) is 0 Å². The summed E-state index contributed by atoms with van der Waals surface area (Å²) in [4.78, 5) is 24.2. The zero-order chi connectivity index (χ0) is 18.1. The van der Waals surface area contributed by atoms with Gasteiger partial charge in [-0.1, -0.05) is 35.1 Å². The number of fused-ring (bicyclic) bond motifs is 1. The molecule has 7 heteroatoms. The number of pyridine rings is 1. The summed E-state index contributed by atoms with van der Waals surface area (Å²) in [6.07, 6.45) is 5.38. The number of halogens is 1. The van der Waals surface area contributed by atoms with Crippen molar-refractivity contribution in [2.45, 2.75) is 12.8 Å². The number of hydrogen-bond acceptors (Lipinski definition) is 5. The summed E-state index contributed by atoms with van der Waals surface area (Å²) in [5, 5.41) is 6.18. The van der Waals surface area contributed by atoms with Crippen LogP contribution in [0.4, 0.5) is 5.13 Å². The quantitative estimate of drug-likeness (QED) is 0.682. The summed E-state index contributed by atoms with van der Waals surface area (Å²) in [7, 11) is 2.09. The third kappa shape index (κ3) is 3.72. The minimum Gasteiger partial charge on any atom is -0.306 e. The number of benzene rings is 1. The van der Waals surface area contributed by atoms with E-state index in [0.717, 1.165) is 47.1 Å². The van der Waals surface area contributed by atoms with Gasteiger partial charge in [0.2, 0.25) is 5.91 Å². The number of anilines is 1. The van der Waals surface area contributed by atoms with E-state index in [1.807, 2.05) is 18.2 Å². The molecule has 0 aliphatic carbocycles. The van der Waals surface area contributed by atoms with Gasteiger partial charge in [-0.2, -0.15) is 0 Å². The van der Waals surface area contributed by atoms with Crippen LogP contribution in [0.15, 0.2) is 36.7 Å². The maximum absolute atomic E-state index is 12.4. The first-order valence-corrected chi connectivity index (χ1v) is 9.79. The third-order valence-corrected chi connectivity index (χ3v) is 5.97. The Hall–Kier alpha value is -2.02.